The zero-order valence-corrected chi connectivity index (χ0v) is 14.5. The highest BCUT2D eigenvalue weighted by Gasteiger charge is 2.21. The fraction of sp³-hybridized carbons (Fsp3) is 0. The highest BCUT2D eigenvalue weighted by atomic mass is 32.2. The van der Waals surface area contributed by atoms with Crippen molar-refractivity contribution in [2.75, 3.05) is 0 Å². The van der Waals surface area contributed by atoms with E-state index in [1.54, 1.807) is 30.3 Å². The van der Waals surface area contributed by atoms with Gasteiger partial charge in [-0.1, -0.05) is 41.1 Å². The van der Waals surface area contributed by atoms with Gasteiger partial charge in [0.15, 0.2) is 5.65 Å². The third-order valence-corrected chi connectivity index (χ3v) is 4.96. The number of fused-ring (bicyclic) bond motifs is 1. The molecule has 4 rings (SSSR count). The molecule has 0 bridgehead atoms. The second-order valence-corrected chi connectivity index (χ2v) is 7.07. The number of H-pyrrole nitrogens is 1. The summed E-state index contributed by atoms with van der Waals surface area (Å²) in [4.78, 5) is 26.9. The predicted octanol–water partition coefficient (Wildman–Crippen LogP) is 0.693. The van der Waals surface area contributed by atoms with Gasteiger partial charge in [0.1, 0.15) is 10.3 Å². The predicted molar refractivity (Wildman–Crippen MR) is 96.2 cm³/mol. The van der Waals surface area contributed by atoms with Gasteiger partial charge >= 0.3 is 21.4 Å². The summed E-state index contributed by atoms with van der Waals surface area (Å²) in [6.45, 7) is 0. The third-order valence-electron chi connectivity index (χ3n) is 3.76. The smallest absolute Gasteiger partial charge is 0.287 e. The molecule has 0 aliphatic carbocycles. The van der Waals surface area contributed by atoms with E-state index in [0.717, 1.165) is 0 Å². The maximum absolute atomic E-state index is 12.6. The summed E-state index contributed by atoms with van der Waals surface area (Å²) in [5.41, 5.74) is -1.30. The third kappa shape index (κ3) is 3.02. The SMILES string of the molecule is O=c1[nH]c2nn(-c3ccccc3)cc2c(=O)n1OS(=O)(=O)c1ccccc1. The topological polar surface area (TPSA) is 116 Å². The average Bonchev–Trinajstić information content (AvgIpc) is 3.11. The van der Waals surface area contributed by atoms with Crippen LogP contribution in [-0.4, -0.2) is 27.9 Å². The van der Waals surface area contributed by atoms with Crippen LogP contribution in [0.5, 0.6) is 0 Å². The molecule has 2 aromatic heterocycles. The molecule has 0 unspecified atom stereocenters. The monoisotopic (exact) mass is 384 g/mol. The second-order valence-electron chi connectivity index (χ2n) is 5.54. The number of nitrogens with one attached hydrogen (secondary N) is 1. The molecule has 27 heavy (non-hydrogen) atoms. The lowest BCUT2D eigenvalue weighted by atomic mass is 10.3. The van der Waals surface area contributed by atoms with Crippen molar-refractivity contribution >= 4 is 21.2 Å². The highest BCUT2D eigenvalue weighted by Crippen LogP contribution is 2.11. The van der Waals surface area contributed by atoms with Crippen molar-refractivity contribution in [3.05, 3.63) is 87.7 Å². The van der Waals surface area contributed by atoms with Crippen molar-refractivity contribution in [3.63, 3.8) is 0 Å². The maximum atomic E-state index is 12.6. The molecule has 0 aliphatic rings. The first-order valence-corrected chi connectivity index (χ1v) is 9.17. The maximum Gasteiger partial charge on any atom is 0.365 e. The van der Waals surface area contributed by atoms with Gasteiger partial charge in [0, 0.05) is 6.20 Å². The Kier molecular flexibility index (Phi) is 3.89. The molecule has 0 amide bonds. The van der Waals surface area contributed by atoms with Gasteiger partial charge in [0.2, 0.25) is 0 Å². The largest absolute Gasteiger partial charge is 0.365 e. The first-order chi connectivity index (χ1) is 13.0. The van der Waals surface area contributed by atoms with Crippen LogP contribution in [-0.2, 0) is 10.1 Å². The quantitative estimate of drug-likeness (QED) is 0.553. The Morgan fingerprint density at radius 1 is 0.926 bits per heavy atom. The lowest BCUT2D eigenvalue weighted by Crippen LogP contribution is -2.41. The van der Waals surface area contributed by atoms with Crippen molar-refractivity contribution in [1.29, 1.82) is 0 Å². The zero-order chi connectivity index (χ0) is 19.0. The van der Waals surface area contributed by atoms with Gasteiger partial charge in [-0.05, 0) is 24.3 Å². The Balaban J connectivity index is 1.83. The van der Waals surface area contributed by atoms with Crippen molar-refractivity contribution in [1.82, 2.24) is 19.5 Å². The summed E-state index contributed by atoms with van der Waals surface area (Å²) in [6, 6.07) is 16.1. The summed E-state index contributed by atoms with van der Waals surface area (Å²) >= 11 is 0. The van der Waals surface area contributed by atoms with E-state index in [0.29, 0.717) is 5.69 Å². The summed E-state index contributed by atoms with van der Waals surface area (Å²) < 4.78 is 31.0. The number of benzene rings is 2. The van der Waals surface area contributed by atoms with Crippen molar-refractivity contribution in [2.45, 2.75) is 4.90 Å². The van der Waals surface area contributed by atoms with Crippen molar-refractivity contribution in [3.8, 4) is 5.69 Å². The zero-order valence-electron chi connectivity index (χ0n) is 13.6. The molecule has 4 aromatic rings. The minimum Gasteiger partial charge on any atom is -0.287 e. The molecule has 10 heteroatoms. The normalized spacial score (nSPS) is 11.6. The van der Waals surface area contributed by atoms with Gasteiger partial charge in [-0.15, -0.1) is 5.10 Å². The number of hydrogen-bond acceptors (Lipinski definition) is 6. The molecule has 2 heterocycles. The molecule has 136 valence electrons. The van der Waals surface area contributed by atoms with E-state index >= 15 is 0 Å². The fourth-order valence-corrected chi connectivity index (χ4v) is 3.39. The van der Waals surface area contributed by atoms with E-state index in [-0.39, 0.29) is 20.7 Å². The molecule has 0 saturated heterocycles. The lowest BCUT2D eigenvalue weighted by molar-refractivity contribution is 0.254. The molecule has 9 nitrogen and oxygen atoms in total. The van der Waals surface area contributed by atoms with Gasteiger partial charge in [-0.25, -0.2) is 9.48 Å². The van der Waals surface area contributed by atoms with E-state index in [1.165, 1.54) is 35.1 Å². The fourth-order valence-electron chi connectivity index (χ4n) is 2.49. The van der Waals surface area contributed by atoms with Crippen LogP contribution in [0.1, 0.15) is 0 Å². The summed E-state index contributed by atoms with van der Waals surface area (Å²) in [7, 11) is -4.36. The van der Waals surface area contributed by atoms with E-state index in [1.807, 2.05) is 6.07 Å². The van der Waals surface area contributed by atoms with E-state index in [9.17, 15) is 18.0 Å². The molecule has 0 atom stereocenters. The molecule has 1 N–H and O–H groups in total. The Labute approximate surface area is 152 Å². The van der Waals surface area contributed by atoms with Gasteiger partial charge in [0.05, 0.1) is 5.69 Å². The average molecular weight is 384 g/mol. The van der Waals surface area contributed by atoms with Crippen LogP contribution in [0.15, 0.2) is 81.3 Å². The summed E-state index contributed by atoms with van der Waals surface area (Å²) in [5.74, 6) is 0. The molecular weight excluding hydrogens is 372 g/mol. The van der Waals surface area contributed by atoms with Crippen LogP contribution in [0.25, 0.3) is 16.7 Å². The molecule has 2 aromatic carbocycles. The number of para-hydroxylation sites is 1. The highest BCUT2D eigenvalue weighted by molar-refractivity contribution is 7.87. The van der Waals surface area contributed by atoms with Crippen LogP contribution in [0.2, 0.25) is 0 Å². The van der Waals surface area contributed by atoms with Crippen LogP contribution in [0.4, 0.5) is 0 Å². The van der Waals surface area contributed by atoms with Gasteiger partial charge in [-0.3, -0.25) is 14.1 Å². The molecule has 0 fully saturated rings. The van der Waals surface area contributed by atoms with Crippen molar-refractivity contribution < 1.29 is 12.7 Å². The van der Waals surface area contributed by atoms with E-state index in [2.05, 4.69) is 10.1 Å². The lowest BCUT2D eigenvalue weighted by Gasteiger charge is -2.06. The number of aromatic amines is 1. The molecule has 0 saturated carbocycles. The van der Waals surface area contributed by atoms with E-state index in [4.69, 9.17) is 4.28 Å². The standard InChI is InChI=1S/C17H12N4O5S/c22-16-14-11-20(12-7-3-1-4-8-12)19-15(14)18-17(23)21(16)26-27(24,25)13-9-5-2-6-10-13/h1-11H,(H,18,19,23). The molecule has 0 radical (unpaired) electrons. The molecule has 0 spiro atoms. The van der Waals surface area contributed by atoms with Gasteiger partial charge in [0.25, 0.3) is 0 Å². The van der Waals surface area contributed by atoms with Gasteiger partial charge in [-0.2, -0.15) is 8.42 Å². The van der Waals surface area contributed by atoms with Gasteiger partial charge < -0.3 is 0 Å². The van der Waals surface area contributed by atoms with Crippen LogP contribution < -0.4 is 15.5 Å². The van der Waals surface area contributed by atoms with Crippen molar-refractivity contribution in [2.24, 2.45) is 0 Å². The number of hydrogen-bond donors (Lipinski definition) is 1. The Bertz CT molecular complexity index is 1340. The summed E-state index contributed by atoms with van der Waals surface area (Å²) in [5, 5.41) is 4.14. The summed E-state index contributed by atoms with van der Waals surface area (Å²) in [6.07, 6.45) is 1.39. The van der Waals surface area contributed by atoms with Crippen LogP contribution >= 0.6 is 0 Å². The molecule has 0 aliphatic heterocycles. The first kappa shape index (κ1) is 16.8. The Hall–Kier alpha value is -3.66. The second kappa shape index (κ2) is 6.25. The molecular formula is C17H12N4O5S. The minimum absolute atomic E-state index is 0.00159. The number of rotatable bonds is 4. The van der Waals surface area contributed by atoms with E-state index < -0.39 is 21.4 Å². The number of aromatic nitrogens is 4. The van der Waals surface area contributed by atoms with Crippen LogP contribution in [0.3, 0.4) is 0 Å². The Morgan fingerprint density at radius 3 is 2.22 bits per heavy atom. The minimum atomic E-state index is -4.36. The van der Waals surface area contributed by atoms with Crippen LogP contribution in [0, 0.1) is 0 Å². The first-order valence-electron chi connectivity index (χ1n) is 7.76. The number of nitrogens with zero attached hydrogens (tertiary/aromatic N) is 3. The Morgan fingerprint density at radius 2 is 1.56 bits per heavy atom.